The highest BCUT2D eigenvalue weighted by Gasteiger charge is 2.43. The van der Waals surface area contributed by atoms with Crippen molar-refractivity contribution >= 4 is 79.6 Å². The molecule has 0 aromatic rings. The van der Waals surface area contributed by atoms with E-state index in [1.807, 2.05) is 0 Å². The zero-order valence-corrected chi connectivity index (χ0v) is 14.3. The predicted octanol–water partition coefficient (Wildman–Crippen LogP) is 4.45. The van der Waals surface area contributed by atoms with Crippen molar-refractivity contribution in [1.82, 2.24) is 0 Å². The van der Waals surface area contributed by atoms with Crippen LogP contribution in [-0.4, -0.2) is 24.1 Å². The van der Waals surface area contributed by atoms with Crippen molar-refractivity contribution in [1.29, 1.82) is 0 Å². The highest BCUT2D eigenvalue weighted by atomic mass is 79.9. The second-order valence-corrected chi connectivity index (χ2v) is 8.37. The first-order valence-corrected chi connectivity index (χ1v) is 8.25. The van der Waals surface area contributed by atoms with Gasteiger partial charge in [-0.1, -0.05) is 86.6 Å². The molecule has 0 nitrogen and oxygen atoms in total. The van der Waals surface area contributed by atoms with E-state index in [1.54, 1.807) is 0 Å². The molecule has 1 rings (SSSR count). The molecule has 4 atom stereocenters. The smallest absolute Gasteiger partial charge is 0.0418 e. The summed E-state index contributed by atoms with van der Waals surface area (Å²) in [5, 5.41) is 0. The summed E-state index contributed by atoms with van der Waals surface area (Å²) in [6.07, 6.45) is 0. The molecule has 0 amide bonds. The molecule has 4 unspecified atom stereocenters. The maximum atomic E-state index is 3.70. The first kappa shape index (κ1) is 12.5. The summed E-state index contributed by atoms with van der Waals surface area (Å²) >= 11 is 18.4. The van der Waals surface area contributed by atoms with Crippen LogP contribution in [0.5, 0.6) is 0 Å². The standard InChI is InChI=1S/C7H9Br5/c1-2-3(8)5(10)7(12)6(11)4(2)9/h2-7H,1H3. The Balaban J connectivity index is 2.76. The Morgan fingerprint density at radius 1 is 0.583 bits per heavy atom. The van der Waals surface area contributed by atoms with E-state index in [0.717, 1.165) is 0 Å². The lowest BCUT2D eigenvalue weighted by atomic mass is 9.90. The van der Waals surface area contributed by atoms with Crippen molar-refractivity contribution in [3.63, 3.8) is 0 Å². The molecule has 0 saturated heterocycles. The van der Waals surface area contributed by atoms with Gasteiger partial charge in [-0.3, -0.25) is 0 Å². The predicted molar refractivity (Wildman–Crippen MR) is 72.7 cm³/mol. The van der Waals surface area contributed by atoms with Crippen LogP contribution in [0.15, 0.2) is 0 Å². The zero-order valence-electron chi connectivity index (χ0n) is 6.35. The van der Waals surface area contributed by atoms with Gasteiger partial charge in [-0.15, -0.1) is 0 Å². The molecule has 5 heteroatoms. The Labute approximate surface area is 115 Å². The molecular weight excluding hydrogens is 484 g/mol. The Morgan fingerprint density at radius 3 is 1.17 bits per heavy atom. The van der Waals surface area contributed by atoms with E-state index < -0.39 is 0 Å². The van der Waals surface area contributed by atoms with E-state index in [2.05, 4.69) is 86.6 Å². The highest BCUT2D eigenvalue weighted by molar-refractivity contribution is 9.15. The Morgan fingerprint density at radius 2 is 0.833 bits per heavy atom. The quantitative estimate of drug-likeness (QED) is 0.438. The van der Waals surface area contributed by atoms with Crippen LogP contribution in [0.1, 0.15) is 6.92 Å². The maximum Gasteiger partial charge on any atom is 0.0418 e. The van der Waals surface area contributed by atoms with Crippen LogP contribution in [0.3, 0.4) is 0 Å². The normalized spacial score (nSPS) is 55.5. The molecule has 0 aromatic heterocycles. The number of hydrogen-bond donors (Lipinski definition) is 0. The average Bonchev–Trinajstić information content (AvgIpc) is 2.08. The van der Waals surface area contributed by atoms with Crippen molar-refractivity contribution in [3.05, 3.63) is 0 Å². The third-order valence-corrected chi connectivity index (χ3v) is 11.3. The van der Waals surface area contributed by atoms with Crippen LogP contribution in [0.25, 0.3) is 0 Å². The Bertz CT molecular complexity index is 103. The fraction of sp³-hybridized carbons (Fsp3) is 1.00. The molecule has 1 saturated carbocycles. The first-order chi connectivity index (χ1) is 5.46. The fourth-order valence-electron chi connectivity index (χ4n) is 1.28. The van der Waals surface area contributed by atoms with Crippen molar-refractivity contribution in [2.75, 3.05) is 0 Å². The maximum absolute atomic E-state index is 3.70. The summed E-state index contributed by atoms with van der Waals surface area (Å²) in [5.74, 6) is 0.618. The summed E-state index contributed by atoms with van der Waals surface area (Å²) in [6.45, 7) is 2.25. The van der Waals surface area contributed by atoms with Gasteiger partial charge in [0.1, 0.15) is 0 Å². The van der Waals surface area contributed by atoms with E-state index in [4.69, 9.17) is 0 Å². The van der Waals surface area contributed by atoms with Crippen molar-refractivity contribution in [2.24, 2.45) is 5.92 Å². The van der Waals surface area contributed by atoms with Crippen LogP contribution in [0, 0.1) is 5.92 Å². The number of alkyl halides is 5. The first-order valence-electron chi connectivity index (χ1n) is 3.67. The van der Waals surface area contributed by atoms with Gasteiger partial charge in [-0.05, 0) is 5.92 Å². The fourth-order valence-corrected chi connectivity index (χ4v) is 6.51. The topological polar surface area (TPSA) is 0 Å². The van der Waals surface area contributed by atoms with E-state index >= 15 is 0 Å². The van der Waals surface area contributed by atoms with Crippen LogP contribution in [0.2, 0.25) is 0 Å². The minimum absolute atomic E-state index is 0.461. The molecule has 1 aliphatic carbocycles. The van der Waals surface area contributed by atoms with Crippen LogP contribution in [-0.2, 0) is 0 Å². The van der Waals surface area contributed by atoms with Gasteiger partial charge in [0.2, 0.25) is 0 Å². The zero-order chi connectivity index (χ0) is 9.46. The number of hydrogen-bond acceptors (Lipinski definition) is 0. The summed E-state index contributed by atoms with van der Waals surface area (Å²) in [4.78, 5) is 2.44. The van der Waals surface area contributed by atoms with Gasteiger partial charge in [0.25, 0.3) is 0 Å². The second-order valence-electron chi connectivity index (χ2n) is 3.08. The van der Waals surface area contributed by atoms with Gasteiger partial charge in [0.05, 0.1) is 0 Å². The van der Waals surface area contributed by atoms with Crippen LogP contribution >= 0.6 is 79.6 Å². The highest BCUT2D eigenvalue weighted by Crippen LogP contribution is 2.44. The van der Waals surface area contributed by atoms with Gasteiger partial charge in [0, 0.05) is 24.1 Å². The number of halogens is 5. The second kappa shape index (κ2) is 4.95. The third-order valence-electron chi connectivity index (χ3n) is 2.22. The summed E-state index contributed by atoms with van der Waals surface area (Å²) in [6, 6.07) is 0. The van der Waals surface area contributed by atoms with Gasteiger partial charge >= 0.3 is 0 Å². The number of rotatable bonds is 0. The van der Waals surface area contributed by atoms with Crippen molar-refractivity contribution in [3.8, 4) is 0 Å². The summed E-state index contributed by atoms with van der Waals surface area (Å²) < 4.78 is 0. The Kier molecular flexibility index (Phi) is 5.14. The van der Waals surface area contributed by atoms with Crippen molar-refractivity contribution < 1.29 is 0 Å². The molecule has 1 aliphatic rings. The van der Waals surface area contributed by atoms with Gasteiger partial charge in [-0.2, -0.15) is 0 Å². The van der Waals surface area contributed by atoms with Gasteiger partial charge in [-0.25, -0.2) is 0 Å². The molecule has 0 aliphatic heterocycles. The van der Waals surface area contributed by atoms with Crippen LogP contribution < -0.4 is 0 Å². The average molecular weight is 493 g/mol. The molecule has 1 fully saturated rings. The summed E-state index contributed by atoms with van der Waals surface area (Å²) in [5.41, 5.74) is 0. The Hall–Kier alpha value is 2.40. The molecule has 0 heterocycles. The molecule has 0 spiro atoms. The lowest BCUT2D eigenvalue weighted by molar-refractivity contribution is 0.457. The minimum atomic E-state index is 0.461. The van der Waals surface area contributed by atoms with Crippen LogP contribution in [0.4, 0.5) is 0 Å². The molecule has 0 radical (unpaired) electrons. The summed E-state index contributed by atoms with van der Waals surface area (Å²) in [7, 11) is 0. The van der Waals surface area contributed by atoms with Gasteiger partial charge in [0.15, 0.2) is 0 Å². The lowest BCUT2D eigenvalue weighted by Crippen LogP contribution is -2.48. The third kappa shape index (κ3) is 2.31. The monoisotopic (exact) mass is 488 g/mol. The molecule has 0 aromatic carbocycles. The molecule has 0 N–H and O–H groups in total. The molecule has 72 valence electrons. The van der Waals surface area contributed by atoms with Gasteiger partial charge < -0.3 is 0 Å². The van der Waals surface area contributed by atoms with E-state index in [0.29, 0.717) is 30.1 Å². The van der Waals surface area contributed by atoms with E-state index in [1.165, 1.54) is 0 Å². The molecule has 12 heavy (non-hydrogen) atoms. The lowest BCUT2D eigenvalue weighted by Gasteiger charge is -2.40. The molecule has 0 bridgehead atoms. The molecular formula is C7H9Br5. The van der Waals surface area contributed by atoms with E-state index in [-0.39, 0.29) is 0 Å². The minimum Gasteiger partial charge on any atom is -0.0875 e. The largest absolute Gasteiger partial charge is 0.0875 e. The SMILES string of the molecule is CC1C(Br)C(Br)C(Br)C(Br)C1Br. The van der Waals surface area contributed by atoms with Crippen molar-refractivity contribution in [2.45, 2.75) is 31.1 Å². The van der Waals surface area contributed by atoms with E-state index in [9.17, 15) is 0 Å².